The largest absolute Gasteiger partial charge is 0.322 e. The molecule has 3 amide bonds. The fraction of sp³-hybridized carbons (Fsp3) is 0.571. The first-order chi connectivity index (χ1) is 13.6. The zero-order valence-corrected chi connectivity index (χ0v) is 16.2. The number of hydrogen-bond acceptors (Lipinski definition) is 5. The maximum absolute atomic E-state index is 12.8. The highest BCUT2D eigenvalue weighted by molar-refractivity contribution is 6.02. The number of piperidine rings is 1. The molecule has 1 aromatic carbocycles. The number of hydrogen-bond donors (Lipinski definition) is 3. The van der Waals surface area contributed by atoms with Gasteiger partial charge in [-0.3, -0.25) is 19.7 Å². The summed E-state index contributed by atoms with van der Waals surface area (Å²) in [5, 5.41) is 9.42. The van der Waals surface area contributed by atoms with Gasteiger partial charge in [0.25, 0.3) is 5.91 Å². The molecule has 1 saturated heterocycles. The normalized spacial score (nSPS) is 26.4. The van der Waals surface area contributed by atoms with Gasteiger partial charge in [0.05, 0.1) is 0 Å². The van der Waals surface area contributed by atoms with Crippen molar-refractivity contribution in [1.29, 1.82) is 0 Å². The molecule has 0 radical (unpaired) electrons. The van der Waals surface area contributed by atoms with Crippen molar-refractivity contribution < 1.29 is 14.4 Å². The zero-order valence-electron chi connectivity index (χ0n) is 16.2. The molecule has 3 aliphatic rings. The Balaban J connectivity index is 1.43. The molecule has 1 aliphatic carbocycles. The minimum Gasteiger partial charge on any atom is -0.322 e. The molecule has 2 fully saturated rings. The van der Waals surface area contributed by atoms with E-state index < -0.39 is 11.9 Å². The lowest BCUT2D eigenvalue weighted by Gasteiger charge is -2.25. The Kier molecular flexibility index (Phi) is 5.46. The van der Waals surface area contributed by atoms with Crippen LogP contribution < -0.4 is 16.0 Å². The number of nitrogens with zero attached hydrogens (tertiary/aromatic N) is 1. The van der Waals surface area contributed by atoms with Crippen LogP contribution in [0.25, 0.3) is 0 Å². The third-order valence-electron chi connectivity index (χ3n) is 6.34. The quantitative estimate of drug-likeness (QED) is 0.580. The highest BCUT2D eigenvalue weighted by Crippen LogP contribution is 2.31. The van der Waals surface area contributed by atoms with Crippen molar-refractivity contribution in [2.75, 3.05) is 6.54 Å². The van der Waals surface area contributed by atoms with Crippen molar-refractivity contribution in [2.24, 2.45) is 5.92 Å². The number of imide groups is 1. The van der Waals surface area contributed by atoms with E-state index in [0.29, 0.717) is 37.0 Å². The van der Waals surface area contributed by atoms with E-state index in [0.717, 1.165) is 36.6 Å². The third kappa shape index (κ3) is 3.56. The van der Waals surface area contributed by atoms with Crippen LogP contribution in [0.3, 0.4) is 0 Å². The van der Waals surface area contributed by atoms with E-state index in [1.165, 1.54) is 12.8 Å². The predicted molar refractivity (Wildman–Crippen MR) is 104 cm³/mol. The van der Waals surface area contributed by atoms with Gasteiger partial charge in [0.2, 0.25) is 12.3 Å². The Morgan fingerprint density at radius 2 is 2.25 bits per heavy atom. The molecule has 3 N–H and O–H groups in total. The topological polar surface area (TPSA) is 90.5 Å². The summed E-state index contributed by atoms with van der Waals surface area (Å²) in [5.41, 5.74) is 2.77. The molecule has 2 aliphatic heterocycles. The monoisotopic (exact) mass is 384 g/mol. The number of carbonyl (C=O) groups is 3. The van der Waals surface area contributed by atoms with E-state index >= 15 is 0 Å². The smallest absolute Gasteiger partial charge is 0.255 e. The number of rotatable bonds is 8. The van der Waals surface area contributed by atoms with Gasteiger partial charge in [-0.05, 0) is 48.9 Å². The van der Waals surface area contributed by atoms with Gasteiger partial charge in [0.15, 0.2) is 0 Å². The second-order valence-corrected chi connectivity index (χ2v) is 8.20. The van der Waals surface area contributed by atoms with E-state index in [1.807, 2.05) is 19.1 Å². The first-order valence-electron chi connectivity index (χ1n) is 10.2. The summed E-state index contributed by atoms with van der Waals surface area (Å²) in [6.07, 6.45) is 4.17. The van der Waals surface area contributed by atoms with Crippen molar-refractivity contribution in [1.82, 2.24) is 20.9 Å². The number of fused-ring (bicyclic) bond motifs is 3. The van der Waals surface area contributed by atoms with Crippen LogP contribution in [-0.4, -0.2) is 47.8 Å². The van der Waals surface area contributed by atoms with Gasteiger partial charge in [-0.1, -0.05) is 25.5 Å². The minimum atomic E-state index is -0.614. The van der Waals surface area contributed by atoms with Gasteiger partial charge in [-0.15, -0.1) is 0 Å². The minimum absolute atomic E-state index is 0.133. The van der Waals surface area contributed by atoms with Gasteiger partial charge >= 0.3 is 0 Å². The molecular formula is C21H28N4O3. The van der Waals surface area contributed by atoms with Crippen LogP contribution in [0.15, 0.2) is 18.2 Å². The van der Waals surface area contributed by atoms with Crippen molar-refractivity contribution >= 4 is 18.2 Å². The van der Waals surface area contributed by atoms with Crippen LogP contribution in [0.4, 0.5) is 0 Å². The number of benzene rings is 1. The molecule has 4 atom stereocenters. The van der Waals surface area contributed by atoms with Crippen molar-refractivity contribution in [3.63, 3.8) is 0 Å². The maximum atomic E-state index is 12.8. The van der Waals surface area contributed by atoms with Crippen LogP contribution in [0.1, 0.15) is 54.1 Å². The molecular weight excluding hydrogens is 356 g/mol. The molecule has 28 heavy (non-hydrogen) atoms. The molecule has 2 bridgehead atoms. The van der Waals surface area contributed by atoms with Crippen LogP contribution in [0.5, 0.6) is 0 Å². The summed E-state index contributed by atoms with van der Waals surface area (Å²) in [4.78, 5) is 37.3. The lowest BCUT2D eigenvalue weighted by Crippen LogP contribution is -2.46. The number of carbonyl (C=O) groups excluding carboxylic acids is 3. The van der Waals surface area contributed by atoms with Crippen LogP contribution in [0.2, 0.25) is 0 Å². The summed E-state index contributed by atoms with van der Waals surface area (Å²) in [7, 11) is 0. The van der Waals surface area contributed by atoms with Gasteiger partial charge in [-0.25, -0.2) is 0 Å². The second-order valence-electron chi connectivity index (χ2n) is 8.20. The summed E-state index contributed by atoms with van der Waals surface area (Å²) in [6, 6.07) is 6.43. The highest BCUT2D eigenvalue weighted by atomic mass is 16.2. The van der Waals surface area contributed by atoms with Gasteiger partial charge < -0.3 is 15.5 Å². The lowest BCUT2D eigenvalue weighted by atomic mass is 10.0. The Morgan fingerprint density at radius 1 is 1.39 bits per heavy atom. The Bertz CT molecular complexity index is 781. The zero-order chi connectivity index (χ0) is 19.7. The fourth-order valence-corrected chi connectivity index (χ4v) is 4.94. The van der Waals surface area contributed by atoms with Crippen LogP contribution >= 0.6 is 0 Å². The molecule has 4 unspecified atom stereocenters. The average Bonchev–Trinajstić information content (AvgIpc) is 3.39. The molecule has 7 nitrogen and oxygen atoms in total. The van der Waals surface area contributed by atoms with E-state index in [4.69, 9.17) is 0 Å². The Labute approximate surface area is 165 Å². The lowest BCUT2D eigenvalue weighted by molar-refractivity contribution is -0.129. The summed E-state index contributed by atoms with van der Waals surface area (Å²) in [6.45, 7) is 4.30. The van der Waals surface area contributed by atoms with Gasteiger partial charge in [0, 0.05) is 30.7 Å². The van der Waals surface area contributed by atoms with E-state index in [2.05, 4.69) is 22.0 Å². The van der Waals surface area contributed by atoms with Crippen LogP contribution in [0, 0.1) is 5.92 Å². The molecule has 1 aromatic rings. The predicted octanol–water partition coefficient (Wildman–Crippen LogP) is 0.924. The summed E-state index contributed by atoms with van der Waals surface area (Å²) >= 11 is 0. The molecule has 0 spiro atoms. The fourth-order valence-electron chi connectivity index (χ4n) is 4.94. The third-order valence-corrected chi connectivity index (χ3v) is 6.34. The molecule has 0 aromatic heterocycles. The summed E-state index contributed by atoms with van der Waals surface area (Å²) in [5.74, 6) is 0.261. The SMILES string of the molecule is CCCC(C(=O)NC=O)N1Cc2cc(CNC3CC4CNC3C4)ccc2C1=O. The average molecular weight is 384 g/mol. The number of amides is 3. The summed E-state index contributed by atoms with van der Waals surface area (Å²) < 4.78 is 0. The maximum Gasteiger partial charge on any atom is 0.255 e. The molecule has 7 heteroatoms. The molecule has 2 heterocycles. The van der Waals surface area contributed by atoms with E-state index in [9.17, 15) is 14.4 Å². The van der Waals surface area contributed by atoms with Crippen molar-refractivity contribution in [3.05, 3.63) is 34.9 Å². The highest BCUT2D eigenvalue weighted by Gasteiger charge is 2.39. The molecule has 4 rings (SSSR count). The van der Waals surface area contributed by atoms with Gasteiger partial charge in [0.1, 0.15) is 6.04 Å². The number of nitrogens with one attached hydrogen (secondary N) is 3. The van der Waals surface area contributed by atoms with Crippen molar-refractivity contribution in [3.8, 4) is 0 Å². The standard InChI is InChI=1S/C21H28N4O3/c1-2-3-19(20(27)24-12-26)25-11-15-6-13(4-5-16(15)21(25)28)9-22-17-7-14-8-18(17)23-10-14/h4-6,12,14,17-19,22-23H,2-3,7-11H2,1H3,(H,24,26,27). The van der Waals surface area contributed by atoms with Gasteiger partial charge in [-0.2, -0.15) is 0 Å². The first-order valence-corrected chi connectivity index (χ1v) is 10.2. The van der Waals surface area contributed by atoms with Crippen LogP contribution in [-0.2, 0) is 22.7 Å². The van der Waals surface area contributed by atoms with E-state index in [-0.39, 0.29) is 5.91 Å². The Hall–Kier alpha value is -2.25. The first kappa shape index (κ1) is 19.1. The molecule has 150 valence electrons. The van der Waals surface area contributed by atoms with Crippen molar-refractivity contribution in [2.45, 2.75) is 63.8 Å². The van der Waals surface area contributed by atoms with E-state index in [1.54, 1.807) is 4.90 Å². The Morgan fingerprint density at radius 3 is 2.93 bits per heavy atom. The second kappa shape index (κ2) is 8.01. The molecule has 1 saturated carbocycles.